The molecule has 0 amide bonds. The minimum absolute atomic E-state index is 0.236. The van der Waals surface area contributed by atoms with Gasteiger partial charge in [0.05, 0.1) is 17.3 Å². The molecule has 1 aliphatic heterocycles. The Balaban J connectivity index is 1.78. The summed E-state index contributed by atoms with van der Waals surface area (Å²) >= 11 is 0. The van der Waals surface area contributed by atoms with Gasteiger partial charge in [-0.2, -0.15) is 5.10 Å². The Morgan fingerprint density at radius 1 is 1.33 bits per heavy atom. The Morgan fingerprint density at radius 3 is 2.71 bits per heavy atom. The first kappa shape index (κ1) is 13.5. The Bertz CT molecular complexity index is 646. The van der Waals surface area contributed by atoms with Crippen molar-refractivity contribution in [2.24, 2.45) is 13.0 Å². The molecule has 3 heterocycles. The van der Waals surface area contributed by atoms with Crippen molar-refractivity contribution in [1.82, 2.24) is 19.7 Å². The van der Waals surface area contributed by atoms with Gasteiger partial charge in [-0.3, -0.25) is 9.48 Å². The molecule has 2 aromatic heterocycles. The zero-order valence-corrected chi connectivity index (χ0v) is 11.8. The lowest BCUT2D eigenvalue weighted by Gasteiger charge is -2.31. The largest absolute Gasteiger partial charge is 0.481 e. The summed E-state index contributed by atoms with van der Waals surface area (Å²) in [6.07, 6.45) is 4.58. The zero-order chi connectivity index (χ0) is 14.8. The molecular weight excluding hydrogens is 270 g/mol. The summed E-state index contributed by atoms with van der Waals surface area (Å²) in [6.45, 7) is 1.41. The predicted molar refractivity (Wildman–Crippen MR) is 76.8 cm³/mol. The number of anilines is 1. The van der Waals surface area contributed by atoms with Crippen LogP contribution in [0.3, 0.4) is 0 Å². The van der Waals surface area contributed by atoms with Crippen LogP contribution in [0.5, 0.6) is 0 Å². The lowest BCUT2D eigenvalue weighted by atomic mass is 9.97. The van der Waals surface area contributed by atoms with Gasteiger partial charge in [-0.1, -0.05) is 0 Å². The monoisotopic (exact) mass is 287 g/mol. The van der Waals surface area contributed by atoms with Crippen molar-refractivity contribution >= 4 is 11.8 Å². The standard InChI is InChI=1S/C14H17N5O2/c1-18-12(2-5-17-18)11-8-13(16-9-15-11)19-6-3-10(4-7-19)14(20)21/h2,5,8-10H,3-4,6-7H2,1H3,(H,20,21). The van der Waals surface area contributed by atoms with Gasteiger partial charge in [-0.15, -0.1) is 0 Å². The molecule has 2 aromatic rings. The summed E-state index contributed by atoms with van der Waals surface area (Å²) in [7, 11) is 1.87. The molecular formula is C14H17N5O2. The second kappa shape index (κ2) is 5.51. The Morgan fingerprint density at radius 2 is 2.10 bits per heavy atom. The van der Waals surface area contributed by atoms with Gasteiger partial charge in [0, 0.05) is 32.4 Å². The van der Waals surface area contributed by atoms with Gasteiger partial charge in [0.2, 0.25) is 0 Å². The van der Waals surface area contributed by atoms with E-state index in [1.807, 2.05) is 19.2 Å². The highest BCUT2D eigenvalue weighted by Gasteiger charge is 2.25. The topological polar surface area (TPSA) is 84.1 Å². The average Bonchev–Trinajstić information content (AvgIpc) is 2.94. The van der Waals surface area contributed by atoms with E-state index >= 15 is 0 Å². The predicted octanol–water partition coefficient (Wildman–Crippen LogP) is 1.18. The number of aromatic nitrogens is 4. The van der Waals surface area contributed by atoms with Crippen LogP contribution in [-0.2, 0) is 11.8 Å². The molecule has 0 atom stereocenters. The maximum atomic E-state index is 11.0. The average molecular weight is 287 g/mol. The van der Waals surface area contributed by atoms with Crippen LogP contribution in [0, 0.1) is 5.92 Å². The van der Waals surface area contributed by atoms with E-state index < -0.39 is 5.97 Å². The number of rotatable bonds is 3. The highest BCUT2D eigenvalue weighted by molar-refractivity contribution is 5.70. The molecule has 0 aromatic carbocycles. The Hall–Kier alpha value is -2.44. The molecule has 1 fully saturated rings. The van der Waals surface area contributed by atoms with Gasteiger partial charge in [0.25, 0.3) is 0 Å². The number of hydrogen-bond acceptors (Lipinski definition) is 5. The number of carboxylic acid groups (broad SMARTS) is 1. The normalized spacial score (nSPS) is 16.1. The minimum Gasteiger partial charge on any atom is -0.481 e. The van der Waals surface area contributed by atoms with Crippen molar-refractivity contribution in [3.8, 4) is 11.4 Å². The molecule has 0 radical (unpaired) electrons. The summed E-state index contributed by atoms with van der Waals surface area (Å²) < 4.78 is 1.77. The number of aryl methyl sites for hydroxylation is 1. The van der Waals surface area contributed by atoms with Gasteiger partial charge in [-0.05, 0) is 18.9 Å². The molecule has 7 heteroatoms. The van der Waals surface area contributed by atoms with E-state index in [1.165, 1.54) is 0 Å². The van der Waals surface area contributed by atoms with Crippen LogP contribution in [0.2, 0.25) is 0 Å². The van der Waals surface area contributed by atoms with Gasteiger partial charge < -0.3 is 10.0 Å². The number of carbonyl (C=O) groups is 1. The maximum Gasteiger partial charge on any atom is 0.306 e. The molecule has 0 bridgehead atoms. The number of aliphatic carboxylic acids is 1. The lowest BCUT2D eigenvalue weighted by Crippen LogP contribution is -2.36. The summed E-state index contributed by atoms with van der Waals surface area (Å²) in [6, 6.07) is 3.83. The third-order valence-electron chi connectivity index (χ3n) is 3.90. The van der Waals surface area contributed by atoms with Crippen molar-refractivity contribution in [3.05, 3.63) is 24.7 Å². The highest BCUT2D eigenvalue weighted by Crippen LogP contribution is 2.24. The smallest absolute Gasteiger partial charge is 0.306 e. The molecule has 1 aliphatic rings. The maximum absolute atomic E-state index is 11.0. The highest BCUT2D eigenvalue weighted by atomic mass is 16.4. The summed E-state index contributed by atoms with van der Waals surface area (Å²) in [5.41, 5.74) is 1.75. The van der Waals surface area contributed by atoms with E-state index in [0.29, 0.717) is 25.9 Å². The second-order valence-corrected chi connectivity index (χ2v) is 5.20. The van der Waals surface area contributed by atoms with Crippen LogP contribution in [0.15, 0.2) is 24.7 Å². The fraction of sp³-hybridized carbons (Fsp3) is 0.429. The minimum atomic E-state index is -0.701. The van der Waals surface area contributed by atoms with Crippen LogP contribution in [0.4, 0.5) is 5.82 Å². The van der Waals surface area contributed by atoms with Gasteiger partial charge in [0.15, 0.2) is 0 Å². The third kappa shape index (κ3) is 2.72. The Kier molecular flexibility index (Phi) is 3.55. The van der Waals surface area contributed by atoms with Crippen LogP contribution in [0.25, 0.3) is 11.4 Å². The quantitative estimate of drug-likeness (QED) is 0.912. The Labute approximate surface area is 122 Å². The fourth-order valence-electron chi connectivity index (χ4n) is 2.64. The molecule has 1 N–H and O–H groups in total. The summed E-state index contributed by atoms with van der Waals surface area (Å²) in [5.74, 6) is -0.0995. The van der Waals surface area contributed by atoms with E-state index in [4.69, 9.17) is 5.11 Å². The van der Waals surface area contributed by atoms with Crippen LogP contribution in [0.1, 0.15) is 12.8 Å². The fourth-order valence-corrected chi connectivity index (χ4v) is 2.64. The first-order chi connectivity index (χ1) is 10.1. The van der Waals surface area contributed by atoms with E-state index in [1.54, 1.807) is 17.2 Å². The second-order valence-electron chi connectivity index (χ2n) is 5.20. The molecule has 0 saturated carbocycles. The number of piperidine rings is 1. The van der Waals surface area contributed by atoms with Gasteiger partial charge >= 0.3 is 5.97 Å². The van der Waals surface area contributed by atoms with Gasteiger partial charge in [0.1, 0.15) is 12.1 Å². The van der Waals surface area contributed by atoms with Crippen LogP contribution in [-0.4, -0.2) is 43.9 Å². The summed E-state index contributed by atoms with van der Waals surface area (Å²) in [5, 5.41) is 13.2. The molecule has 1 saturated heterocycles. The van der Waals surface area contributed by atoms with E-state index in [2.05, 4.69) is 20.0 Å². The van der Waals surface area contributed by atoms with Crippen molar-refractivity contribution in [3.63, 3.8) is 0 Å². The SMILES string of the molecule is Cn1nccc1-c1cc(N2CCC(C(=O)O)CC2)ncn1. The first-order valence-corrected chi connectivity index (χ1v) is 6.93. The van der Waals surface area contributed by atoms with Crippen LogP contribution >= 0.6 is 0 Å². The molecule has 0 aliphatic carbocycles. The van der Waals surface area contributed by atoms with E-state index in [-0.39, 0.29) is 5.92 Å². The molecule has 0 unspecified atom stereocenters. The number of carboxylic acids is 1. The van der Waals surface area contributed by atoms with Crippen molar-refractivity contribution in [1.29, 1.82) is 0 Å². The number of nitrogens with zero attached hydrogens (tertiary/aromatic N) is 5. The lowest BCUT2D eigenvalue weighted by molar-refractivity contribution is -0.142. The van der Waals surface area contributed by atoms with Crippen molar-refractivity contribution in [2.75, 3.05) is 18.0 Å². The van der Waals surface area contributed by atoms with Crippen LogP contribution < -0.4 is 4.90 Å². The molecule has 3 rings (SSSR count). The third-order valence-corrected chi connectivity index (χ3v) is 3.90. The summed E-state index contributed by atoms with van der Waals surface area (Å²) in [4.78, 5) is 21.7. The van der Waals surface area contributed by atoms with Crippen molar-refractivity contribution < 1.29 is 9.90 Å². The molecule has 110 valence electrons. The zero-order valence-electron chi connectivity index (χ0n) is 11.8. The van der Waals surface area contributed by atoms with E-state index in [0.717, 1.165) is 17.2 Å². The van der Waals surface area contributed by atoms with E-state index in [9.17, 15) is 4.79 Å². The number of hydrogen-bond donors (Lipinski definition) is 1. The van der Waals surface area contributed by atoms with Gasteiger partial charge in [-0.25, -0.2) is 9.97 Å². The molecule has 0 spiro atoms. The molecule has 21 heavy (non-hydrogen) atoms. The van der Waals surface area contributed by atoms with Crippen molar-refractivity contribution in [2.45, 2.75) is 12.8 Å². The molecule has 7 nitrogen and oxygen atoms in total. The first-order valence-electron chi connectivity index (χ1n) is 6.93.